The Labute approximate surface area is 137 Å². The molecule has 0 aromatic heterocycles. The van der Waals surface area contributed by atoms with Crippen LogP contribution in [0.3, 0.4) is 0 Å². The second kappa shape index (κ2) is 6.34. The van der Waals surface area contributed by atoms with E-state index >= 15 is 0 Å². The second-order valence-corrected chi connectivity index (χ2v) is 7.77. The summed E-state index contributed by atoms with van der Waals surface area (Å²) in [4.78, 5) is 0.265. The van der Waals surface area contributed by atoms with Crippen LogP contribution in [0, 0.1) is 0 Å². The zero-order chi connectivity index (χ0) is 16.3. The van der Waals surface area contributed by atoms with Gasteiger partial charge in [-0.3, -0.25) is 0 Å². The number of benzene rings is 2. The first-order chi connectivity index (χ1) is 11.1. The molecular weight excluding hydrogens is 310 g/mol. The first-order valence-electron chi connectivity index (χ1n) is 7.75. The molecule has 1 fully saturated rings. The highest BCUT2D eigenvalue weighted by Gasteiger charge is 2.39. The van der Waals surface area contributed by atoms with Crippen LogP contribution in [-0.4, -0.2) is 22.1 Å². The van der Waals surface area contributed by atoms with Gasteiger partial charge in [-0.2, -0.15) is 0 Å². The van der Waals surface area contributed by atoms with Crippen LogP contribution >= 0.6 is 0 Å². The quantitative estimate of drug-likeness (QED) is 0.885. The number of rotatable bonds is 6. The Kier molecular flexibility index (Phi) is 4.41. The van der Waals surface area contributed by atoms with Gasteiger partial charge in [0.25, 0.3) is 0 Å². The molecule has 0 unspecified atom stereocenters. The van der Waals surface area contributed by atoms with E-state index in [4.69, 9.17) is 4.74 Å². The number of methoxy groups -OCH3 is 1. The standard InChI is InChI=1S/C18H21NO3S/c1-22-16-8-10-17(11-9-16)23(20,21)19-14-18(12-5-13-18)15-6-3-2-4-7-15/h2-4,6-11,19H,5,12-14H2,1H3. The number of ether oxygens (including phenoxy) is 1. The predicted octanol–water partition coefficient (Wildman–Crippen LogP) is 3.10. The Hall–Kier alpha value is -1.85. The topological polar surface area (TPSA) is 55.4 Å². The van der Waals surface area contributed by atoms with Crippen molar-refractivity contribution >= 4 is 10.0 Å². The van der Waals surface area contributed by atoms with E-state index in [0.29, 0.717) is 12.3 Å². The van der Waals surface area contributed by atoms with Crippen molar-refractivity contribution in [3.05, 3.63) is 60.2 Å². The maximum Gasteiger partial charge on any atom is 0.240 e. The fraction of sp³-hybridized carbons (Fsp3) is 0.333. The lowest BCUT2D eigenvalue weighted by Crippen LogP contribution is -2.45. The Bertz CT molecular complexity index is 751. The minimum absolute atomic E-state index is 0.0687. The third-order valence-electron chi connectivity index (χ3n) is 4.67. The fourth-order valence-corrected chi connectivity index (χ4v) is 4.16. The van der Waals surface area contributed by atoms with E-state index in [9.17, 15) is 8.42 Å². The predicted molar refractivity (Wildman–Crippen MR) is 90.2 cm³/mol. The lowest BCUT2D eigenvalue weighted by atomic mass is 9.64. The number of sulfonamides is 1. The summed E-state index contributed by atoms with van der Waals surface area (Å²) in [5, 5.41) is 0. The molecular formula is C18H21NO3S. The van der Waals surface area contributed by atoms with Gasteiger partial charge in [-0.25, -0.2) is 13.1 Å². The summed E-state index contributed by atoms with van der Waals surface area (Å²) in [5.74, 6) is 0.642. The molecule has 0 spiro atoms. The molecule has 1 saturated carbocycles. The third kappa shape index (κ3) is 3.26. The summed E-state index contributed by atoms with van der Waals surface area (Å²) in [6, 6.07) is 16.6. The van der Waals surface area contributed by atoms with E-state index in [1.807, 2.05) is 18.2 Å². The maximum atomic E-state index is 12.5. The molecule has 0 amide bonds. The Morgan fingerprint density at radius 1 is 1.04 bits per heavy atom. The van der Waals surface area contributed by atoms with Crippen LogP contribution in [0.4, 0.5) is 0 Å². The molecule has 0 atom stereocenters. The highest BCUT2D eigenvalue weighted by Crippen LogP contribution is 2.43. The van der Waals surface area contributed by atoms with Gasteiger partial charge in [-0.1, -0.05) is 36.8 Å². The van der Waals surface area contributed by atoms with Gasteiger partial charge in [0.1, 0.15) is 5.75 Å². The molecule has 122 valence electrons. The van der Waals surface area contributed by atoms with Crippen LogP contribution in [0.2, 0.25) is 0 Å². The molecule has 2 aromatic rings. The second-order valence-electron chi connectivity index (χ2n) is 6.00. The summed E-state index contributed by atoms with van der Waals surface area (Å²) in [5.41, 5.74) is 1.14. The van der Waals surface area contributed by atoms with Crippen LogP contribution in [0.1, 0.15) is 24.8 Å². The van der Waals surface area contributed by atoms with Crippen molar-refractivity contribution < 1.29 is 13.2 Å². The molecule has 1 aliphatic rings. The monoisotopic (exact) mass is 331 g/mol. The van der Waals surface area contributed by atoms with Gasteiger partial charge < -0.3 is 4.74 Å². The Morgan fingerprint density at radius 3 is 2.22 bits per heavy atom. The van der Waals surface area contributed by atoms with E-state index in [1.165, 1.54) is 5.56 Å². The highest BCUT2D eigenvalue weighted by molar-refractivity contribution is 7.89. The first kappa shape index (κ1) is 16.0. The van der Waals surface area contributed by atoms with E-state index < -0.39 is 10.0 Å². The lowest BCUT2D eigenvalue weighted by molar-refractivity contribution is 0.245. The van der Waals surface area contributed by atoms with Gasteiger partial charge in [-0.05, 0) is 42.7 Å². The summed E-state index contributed by atoms with van der Waals surface area (Å²) < 4.78 is 32.8. The molecule has 1 N–H and O–H groups in total. The average Bonchev–Trinajstić information content (AvgIpc) is 2.55. The Balaban J connectivity index is 1.75. The van der Waals surface area contributed by atoms with Crippen molar-refractivity contribution in [2.45, 2.75) is 29.6 Å². The van der Waals surface area contributed by atoms with Gasteiger partial charge in [0, 0.05) is 12.0 Å². The van der Waals surface area contributed by atoms with Gasteiger partial charge in [-0.15, -0.1) is 0 Å². The van der Waals surface area contributed by atoms with E-state index in [0.717, 1.165) is 19.3 Å². The molecule has 5 heteroatoms. The molecule has 0 saturated heterocycles. The van der Waals surface area contributed by atoms with Gasteiger partial charge in [0.05, 0.1) is 12.0 Å². The van der Waals surface area contributed by atoms with Crippen LogP contribution in [-0.2, 0) is 15.4 Å². The summed E-state index contributed by atoms with van der Waals surface area (Å²) in [7, 11) is -1.95. The molecule has 4 nitrogen and oxygen atoms in total. The minimum atomic E-state index is -3.51. The van der Waals surface area contributed by atoms with Gasteiger partial charge in [0.15, 0.2) is 0 Å². The average molecular weight is 331 g/mol. The van der Waals surface area contributed by atoms with E-state index in [1.54, 1.807) is 31.4 Å². The Morgan fingerprint density at radius 2 is 1.70 bits per heavy atom. The van der Waals surface area contributed by atoms with Crippen LogP contribution in [0.15, 0.2) is 59.5 Å². The molecule has 3 rings (SSSR count). The van der Waals surface area contributed by atoms with E-state index in [2.05, 4.69) is 16.9 Å². The van der Waals surface area contributed by atoms with E-state index in [-0.39, 0.29) is 10.3 Å². The number of nitrogens with one attached hydrogen (secondary N) is 1. The van der Waals surface area contributed by atoms with Crippen LogP contribution in [0.25, 0.3) is 0 Å². The molecule has 0 heterocycles. The van der Waals surface area contributed by atoms with Gasteiger partial charge >= 0.3 is 0 Å². The van der Waals surface area contributed by atoms with Crippen LogP contribution < -0.4 is 9.46 Å². The molecule has 0 radical (unpaired) electrons. The molecule has 23 heavy (non-hydrogen) atoms. The largest absolute Gasteiger partial charge is 0.497 e. The highest BCUT2D eigenvalue weighted by atomic mass is 32.2. The van der Waals surface area contributed by atoms with Crippen molar-refractivity contribution in [2.24, 2.45) is 0 Å². The molecule has 1 aliphatic carbocycles. The SMILES string of the molecule is COc1ccc(S(=O)(=O)NCC2(c3ccccc3)CCC2)cc1. The summed E-state index contributed by atoms with van der Waals surface area (Å²) in [6.07, 6.45) is 3.17. The van der Waals surface area contributed by atoms with Crippen molar-refractivity contribution in [1.29, 1.82) is 0 Å². The summed E-state index contributed by atoms with van der Waals surface area (Å²) >= 11 is 0. The van der Waals surface area contributed by atoms with Crippen molar-refractivity contribution in [2.75, 3.05) is 13.7 Å². The first-order valence-corrected chi connectivity index (χ1v) is 9.23. The fourth-order valence-electron chi connectivity index (χ4n) is 3.03. The van der Waals surface area contributed by atoms with Crippen LogP contribution in [0.5, 0.6) is 5.75 Å². The zero-order valence-corrected chi connectivity index (χ0v) is 14.0. The maximum absolute atomic E-state index is 12.5. The van der Waals surface area contributed by atoms with Gasteiger partial charge in [0.2, 0.25) is 10.0 Å². The lowest BCUT2D eigenvalue weighted by Gasteiger charge is -2.42. The third-order valence-corrected chi connectivity index (χ3v) is 6.08. The number of hydrogen-bond acceptors (Lipinski definition) is 3. The normalized spacial score (nSPS) is 16.6. The molecule has 0 bridgehead atoms. The summed E-state index contributed by atoms with van der Waals surface area (Å²) in [6.45, 7) is 0.436. The number of hydrogen-bond donors (Lipinski definition) is 1. The zero-order valence-electron chi connectivity index (χ0n) is 13.2. The van der Waals surface area contributed by atoms with Crippen molar-refractivity contribution in [3.8, 4) is 5.75 Å². The smallest absolute Gasteiger partial charge is 0.240 e. The van der Waals surface area contributed by atoms with Crippen molar-refractivity contribution in [1.82, 2.24) is 4.72 Å². The molecule has 2 aromatic carbocycles. The van der Waals surface area contributed by atoms with Crippen molar-refractivity contribution in [3.63, 3.8) is 0 Å². The minimum Gasteiger partial charge on any atom is -0.497 e. The molecule has 0 aliphatic heterocycles.